The lowest BCUT2D eigenvalue weighted by atomic mass is 9.94. The van der Waals surface area contributed by atoms with Crippen molar-refractivity contribution < 1.29 is 0 Å². The van der Waals surface area contributed by atoms with Crippen LogP contribution >= 0.6 is 0 Å². The van der Waals surface area contributed by atoms with Crippen LogP contribution in [0.4, 0.5) is 5.82 Å². The highest BCUT2D eigenvalue weighted by Crippen LogP contribution is 2.30. The van der Waals surface area contributed by atoms with Crippen LogP contribution in [-0.2, 0) is 6.54 Å². The van der Waals surface area contributed by atoms with Gasteiger partial charge < -0.3 is 10.6 Å². The van der Waals surface area contributed by atoms with E-state index in [1.165, 1.54) is 42.9 Å². The maximum Gasteiger partial charge on any atom is 0.136 e. The van der Waals surface area contributed by atoms with Gasteiger partial charge in [0.15, 0.2) is 0 Å². The van der Waals surface area contributed by atoms with Crippen LogP contribution in [0.3, 0.4) is 0 Å². The first-order valence-corrected chi connectivity index (χ1v) is 7.61. The number of pyridine rings is 1. The summed E-state index contributed by atoms with van der Waals surface area (Å²) < 4.78 is 0. The fourth-order valence-electron chi connectivity index (χ4n) is 3.25. The zero-order valence-corrected chi connectivity index (χ0v) is 12.2. The number of nitrogens with two attached hydrogens (primary N) is 1. The molecule has 0 atom stereocenters. The summed E-state index contributed by atoms with van der Waals surface area (Å²) in [4.78, 5) is 7.17. The number of fused-ring (bicyclic) bond motifs is 1. The first-order chi connectivity index (χ1) is 9.79. The van der Waals surface area contributed by atoms with Crippen molar-refractivity contribution in [1.29, 1.82) is 0 Å². The summed E-state index contributed by atoms with van der Waals surface area (Å²) in [7, 11) is 2.19. The zero-order chi connectivity index (χ0) is 13.9. The standard InChI is InChI=1S/C17H23N3/c1-20(15-8-3-2-4-9-15)17-16-10-6-5-7-13(16)11-14(12-18)19-17/h5-7,10-11,15H,2-4,8-9,12,18H2,1H3. The maximum atomic E-state index is 5.81. The predicted octanol–water partition coefficient (Wildman–Crippen LogP) is 3.46. The van der Waals surface area contributed by atoms with Gasteiger partial charge in [-0.2, -0.15) is 0 Å². The first kappa shape index (κ1) is 13.4. The maximum absolute atomic E-state index is 5.81. The molecule has 0 spiro atoms. The Kier molecular flexibility index (Phi) is 3.88. The van der Waals surface area contributed by atoms with Gasteiger partial charge in [-0.05, 0) is 24.3 Å². The Hall–Kier alpha value is -1.61. The molecule has 1 fully saturated rings. The minimum absolute atomic E-state index is 0.496. The molecule has 3 nitrogen and oxygen atoms in total. The molecule has 0 unspecified atom stereocenters. The van der Waals surface area contributed by atoms with Crippen molar-refractivity contribution in [1.82, 2.24) is 4.98 Å². The molecule has 1 aliphatic carbocycles. The van der Waals surface area contributed by atoms with Gasteiger partial charge >= 0.3 is 0 Å². The third-order valence-electron chi connectivity index (χ3n) is 4.44. The van der Waals surface area contributed by atoms with Gasteiger partial charge in [0.05, 0.1) is 5.69 Å². The van der Waals surface area contributed by atoms with Crippen LogP contribution in [0.1, 0.15) is 37.8 Å². The monoisotopic (exact) mass is 269 g/mol. The molecule has 2 aromatic rings. The Morgan fingerprint density at radius 2 is 1.95 bits per heavy atom. The van der Waals surface area contributed by atoms with Crippen molar-refractivity contribution >= 4 is 16.6 Å². The second-order valence-electron chi connectivity index (χ2n) is 5.77. The molecule has 0 bridgehead atoms. The minimum atomic E-state index is 0.496. The average Bonchev–Trinajstić information content (AvgIpc) is 2.54. The van der Waals surface area contributed by atoms with Crippen molar-refractivity contribution in [3.05, 3.63) is 36.0 Å². The minimum Gasteiger partial charge on any atom is -0.356 e. The van der Waals surface area contributed by atoms with Gasteiger partial charge in [0.2, 0.25) is 0 Å². The average molecular weight is 269 g/mol. The van der Waals surface area contributed by atoms with E-state index in [1.807, 2.05) is 0 Å². The lowest BCUT2D eigenvalue weighted by molar-refractivity contribution is 0.426. The van der Waals surface area contributed by atoms with Crippen LogP contribution in [0, 0.1) is 0 Å². The molecular formula is C17H23N3. The van der Waals surface area contributed by atoms with Crippen molar-refractivity contribution in [2.75, 3.05) is 11.9 Å². The number of anilines is 1. The molecule has 0 radical (unpaired) electrons. The molecule has 1 aromatic carbocycles. The van der Waals surface area contributed by atoms with Crippen molar-refractivity contribution in [3.8, 4) is 0 Å². The van der Waals surface area contributed by atoms with Crippen LogP contribution in [0.15, 0.2) is 30.3 Å². The third kappa shape index (κ3) is 2.50. The summed E-state index contributed by atoms with van der Waals surface area (Å²) in [6.07, 6.45) is 6.60. The van der Waals surface area contributed by atoms with E-state index in [-0.39, 0.29) is 0 Å². The molecule has 2 N–H and O–H groups in total. The van der Waals surface area contributed by atoms with E-state index in [1.54, 1.807) is 0 Å². The molecule has 1 saturated carbocycles. The second-order valence-corrected chi connectivity index (χ2v) is 5.77. The highest BCUT2D eigenvalue weighted by atomic mass is 15.2. The largest absolute Gasteiger partial charge is 0.356 e. The summed E-state index contributed by atoms with van der Waals surface area (Å²) in [5, 5.41) is 2.47. The molecule has 20 heavy (non-hydrogen) atoms. The Morgan fingerprint density at radius 3 is 2.70 bits per heavy atom. The quantitative estimate of drug-likeness (QED) is 0.927. The van der Waals surface area contributed by atoms with Crippen LogP contribution in [0.2, 0.25) is 0 Å². The molecule has 1 aromatic heterocycles. The number of hydrogen-bond donors (Lipinski definition) is 1. The normalized spacial score (nSPS) is 16.5. The van der Waals surface area contributed by atoms with Gasteiger partial charge in [0.1, 0.15) is 5.82 Å². The fraction of sp³-hybridized carbons (Fsp3) is 0.471. The van der Waals surface area contributed by atoms with E-state index >= 15 is 0 Å². The zero-order valence-electron chi connectivity index (χ0n) is 12.2. The van der Waals surface area contributed by atoms with Gasteiger partial charge in [0.25, 0.3) is 0 Å². The Morgan fingerprint density at radius 1 is 1.20 bits per heavy atom. The van der Waals surface area contributed by atoms with E-state index in [9.17, 15) is 0 Å². The first-order valence-electron chi connectivity index (χ1n) is 7.61. The SMILES string of the molecule is CN(c1nc(CN)cc2ccccc12)C1CCCCC1. The van der Waals surface area contributed by atoms with E-state index in [2.05, 4.69) is 42.3 Å². The van der Waals surface area contributed by atoms with Gasteiger partial charge in [-0.15, -0.1) is 0 Å². The lowest BCUT2D eigenvalue weighted by Crippen LogP contribution is -2.34. The Balaban J connectivity index is 2.04. The van der Waals surface area contributed by atoms with Crippen LogP contribution < -0.4 is 10.6 Å². The number of nitrogens with zero attached hydrogens (tertiary/aromatic N) is 2. The molecule has 106 valence electrons. The highest BCUT2D eigenvalue weighted by Gasteiger charge is 2.20. The highest BCUT2D eigenvalue weighted by molar-refractivity contribution is 5.92. The van der Waals surface area contributed by atoms with Gasteiger partial charge in [-0.3, -0.25) is 0 Å². The predicted molar refractivity (Wildman–Crippen MR) is 84.9 cm³/mol. The van der Waals surface area contributed by atoms with Crippen LogP contribution in [-0.4, -0.2) is 18.1 Å². The fourth-order valence-corrected chi connectivity index (χ4v) is 3.25. The molecule has 0 saturated heterocycles. The molecule has 3 rings (SSSR count). The Labute approximate surface area is 120 Å². The third-order valence-corrected chi connectivity index (χ3v) is 4.44. The number of hydrogen-bond acceptors (Lipinski definition) is 3. The molecular weight excluding hydrogens is 246 g/mol. The summed E-state index contributed by atoms with van der Waals surface area (Å²) in [6.45, 7) is 0.496. The number of rotatable bonds is 3. The molecule has 3 heteroatoms. The summed E-state index contributed by atoms with van der Waals surface area (Å²) in [5.74, 6) is 1.09. The van der Waals surface area contributed by atoms with Crippen LogP contribution in [0.25, 0.3) is 10.8 Å². The summed E-state index contributed by atoms with van der Waals surface area (Å²) in [6, 6.07) is 11.2. The summed E-state index contributed by atoms with van der Waals surface area (Å²) in [5.41, 5.74) is 6.78. The molecule has 0 amide bonds. The smallest absolute Gasteiger partial charge is 0.136 e. The van der Waals surface area contributed by atoms with E-state index in [0.29, 0.717) is 12.6 Å². The topological polar surface area (TPSA) is 42.2 Å². The van der Waals surface area contributed by atoms with E-state index in [0.717, 1.165) is 11.5 Å². The summed E-state index contributed by atoms with van der Waals surface area (Å²) >= 11 is 0. The molecule has 0 aliphatic heterocycles. The number of benzene rings is 1. The Bertz CT molecular complexity index is 588. The van der Waals surface area contributed by atoms with Gasteiger partial charge in [-0.1, -0.05) is 43.5 Å². The second kappa shape index (κ2) is 5.80. The van der Waals surface area contributed by atoms with Gasteiger partial charge in [0, 0.05) is 25.0 Å². The van der Waals surface area contributed by atoms with Crippen molar-refractivity contribution in [3.63, 3.8) is 0 Å². The molecule has 1 heterocycles. The van der Waals surface area contributed by atoms with Gasteiger partial charge in [-0.25, -0.2) is 4.98 Å². The van der Waals surface area contributed by atoms with E-state index in [4.69, 9.17) is 10.7 Å². The van der Waals surface area contributed by atoms with Crippen molar-refractivity contribution in [2.24, 2.45) is 5.73 Å². The van der Waals surface area contributed by atoms with Crippen LogP contribution in [0.5, 0.6) is 0 Å². The molecule has 1 aliphatic rings. The van der Waals surface area contributed by atoms with E-state index < -0.39 is 0 Å². The number of aromatic nitrogens is 1. The lowest BCUT2D eigenvalue weighted by Gasteiger charge is -2.33. The van der Waals surface area contributed by atoms with Crippen molar-refractivity contribution in [2.45, 2.75) is 44.7 Å².